The number of fused-ring (bicyclic) bond motifs is 1. The summed E-state index contributed by atoms with van der Waals surface area (Å²) in [7, 11) is 4.11. The Morgan fingerprint density at radius 1 is 1.50 bits per heavy atom. The van der Waals surface area contributed by atoms with Crippen LogP contribution in [0.4, 0.5) is 0 Å². The van der Waals surface area contributed by atoms with Gasteiger partial charge in [-0.05, 0) is 20.2 Å². The van der Waals surface area contributed by atoms with E-state index in [9.17, 15) is 0 Å². The summed E-state index contributed by atoms with van der Waals surface area (Å²) in [5.74, 6) is 1.00. The molecule has 0 saturated heterocycles. The Morgan fingerprint density at radius 3 is 3.06 bits per heavy atom. The third kappa shape index (κ3) is 2.87. The summed E-state index contributed by atoms with van der Waals surface area (Å²) in [6, 6.07) is 1.84. The molecule has 0 fully saturated rings. The van der Waals surface area contributed by atoms with Crippen molar-refractivity contribution < 1.29 is 0 Å². The van der Waals surface area contributed by atoms with E-state index in [4.69, 9.17) is 11.6 Å². The van der Waals surface area contributed by atoms with Crippen LogP contribution >= 0.6 is 23.4 Å². The highest BCUT2D eigenvalue weighted by atomic mass is 35.5. The smallest absolute Gasteiger partial charge is 0.178 e. The van der Waals surface area contributed by atoms with Crippen molar-refractivity contribution >= 4 is 34.5 Å². The third-order valence-corrected chi connectivity index (χ3v) is 3.12. The van der Waals surface area contributed by atoms with Gasteiger partial charge in [-0.3, -0.25) is 0 Å². The fraction of sp³-hybridized carbons (Fsp3) is 0.400. The van der Waals surface area contributed by atoms with Crippen LogP contribution in [0.2, 0.25) is 5.02 Å². The van der Waals surface area contributed by atoms with Gasteiger partial charge in [0.05, 0.1) is 10.5 Å². The monoisotopic (exact) mass is 256 g/mol. The van der Waals surface area contributed by atoms with E-state index in [-0.39, 0.29) is 0 Å². The molecule has 1 N–H and O–H groups in total. The van der Waals surface area contributed by atoms with E-state index in [0.29, 0.717) is 5.02 Å². The van der Waals surface area contributed by atoms with Crippen LogP contribution in [-0.2, 0) is 0 Å². The van der Waals surface area contributed by atoms with Crippen molar-refractivity contribution in [2.24, 2.45) is 0 Å². The summed E-state index contributed by atoms with van der Waals surface area (Å²) in [5, 5.41) is 1.52. The fourth-order valence-electron chi connectivity index (χ4n) is 1.25. The first-order valence-corrected chi connectivity index (χ1v) is 6.30. The molecule has 0 amide bonds. The number of nitrogens with one attached hydrogen (secondary N) is 1. The zero-order valence-corrected chi connectivity index (χ0v) is 10.8. The standard InChI is InChI=1S/C10H13ClN4S/c1-15(2)3-4-16-10-13-8-5-7(11)6-12-9(8)14-10/h5-6H,3-4H2,1-2H3,(H,12,13,14). The van der Waals surface area contributed by atoms with Gasteiger partial charge in [-0.15, -0.1) is 0 Å². The van der Waals surface area contributed by atoms with Crippen LogP contribution in [-0.4, -0.2) is 46.2 Å². The third-order valence-electron chi connectivity index (χ3n) is 2.06. The van der Waals surface area contributed by atoms with Crippen LogP contribution in [0, 0.1) is 0 Å². The van der Waals surface area contributed by atoms with Crippen LogP contribution < -0.4 is 0 Å². The van der Waals surface area contributed by atoms with E-state index in [1.807, 2.05) is 6.07 Å². The summed E-state index contributed by atoms with van der Waals surface area (Å²) < 4.78 is 0. The molecular formula is C10H13ClN4S. The number of hydrogen-bond donors (Lipinski definition) is 1. The van der Waals surface area contributed by atoms with Crippen LogP contribution in [0.5, 0.6) is 0 Å². The Morgan fingerprint density at radius 2 is 2.31 bits per heavy atom. The normalized spacial score (nSPS) is 11.5. The molecule has 2 aromatic rings. The number of nitrogens with zero attached hydrogens (tertiary/aromatic N) is 3. The SMILES string of the molecule is CN(C)CCSc1nc2ncc(Cl)cc2[nH]1. The number of hydrogen-bond acceptors (Lipinski definition) is 4. The molecule has 16 heavy (non-hydrogen) atoms. The van der Waals surface area contributed by atoms with Crippen LogP contribution in [0.3, 0.4) is 0 Å². The first-order chi connectivity index (χ1) is 7.65. The maximum absolute atomic E-state index is 5.85. The van der Waals surface area contributed by atoms with Gasteiger partial charge in [0.25, 0.3) is 0 Å². The maximum Gasteiger partial charge on any atom is 0.178 e. The quantitative estimate of drug-likeness (QED) is 0.853. The van der Waals surface area contributed by atoms with Gasteiger partial charge in [0, 0.05) is 18.5 Å². The number of halogens is 1. The Hall–Kier alpha value is -0.780. The van der Waals surface area contributed by atoms with Crippen molar-refractivity contribution in [3.63, 3.8) is 0 Å². The van der Waals surface area contributed by atoms with Gasteiger partial charge in [0.1, 0.15) is 0 Å². The van der Waals surface area contributed by atoms with Gasteiger partial charge < -0.3 is 9.88 Å². The molecule has 0 aromatic carbocycles. The molecule has 0 radical (unpaired) electrons. The molecule has 0 atom stereocenters. The average molecular weight is 257 g/mol. The summed E-state index contributed by atoms with van der Waals surface area (Å²) in [4.78, 5) is 13.9. The molecular weight excluding hydrogens is 244 g/mol. The summed E-state index contributed by atoms with van der Waals surface area (Å²) >= 11 is 7.54. The predicted molar refractivity (Wildman–Crippen MR) is 68.2 cm³/mol. The number of aromatic amines is 1. The molecule has 0 spiro atoms. The molecule has 6 heteroatoms. The van der Waals surface area contributed by atoms with Crippen molar-refractivity contribution in [1.82, 2.24) is 19.9 Å². The van der Waals surface area contributed by atoms with E-state index in [1.54, 1.807) is 18.0 Å². The molecule has 2 heterocycles. The molecule has 0 saturated carbocycles. The van der Waals surface area contributed by atoms with Crippen molar-refractivity contribution in [1.29, 1.82) is 0 Å². The van der Waals surface area contributed by atoms with Crippen LogP contribution in [0.15, 0.2) is 17.4 Å². The molecule has 86 valence electrons. The molecule has 0 aliphatic carbocycles. The Kier molecular flexibility index (Phi) is 3.68. The second-order valence-corrected chi connectivity index (χ2v) is 5.24. The van der Waals surface area contributed by atoms with Crippen molar-refractivity contribution in [3.8, 4) is 0 Å². The van der Waals surface area contributed by atoms with Crippen molar-refractivity contribution in [2.45, 2.75) is 5.16 Å². The number of pyridine rings is 1. The lowest BCUT2D eigenvalue weighted by Crippen LogP contribution is -2.14. The lowest BCUT2D eigenvalue weighted by Gasteiger charge is -2.06. The number of rotatable bonds is 4. The Labute approximate surface area is 103 Å². The van der Waals surface area contributed by atoms with E-state index < -0.39 is 0 Å². The van der Waals surface area contributed by atoms with Gasteiger partial charge in [-0.25, -0.2) is 9.97 Å². The molecule has 0 unspecified atom stereocenters. The minimum atomic E-state index is 0.626. The number of thioether (sulfide) groups is 1. The van der Waals surface area contributed by atoms with Crippen LogP contribution in [0.1, 0.15) is 0 Å². The largest absolute Gasteiger partial charge is 0.331 e. The first kappa shape index (κ1) is 11.7. The molecule has 0 aliphatic rings. The summed E-state index contributed by atoms with van der Waals surface area (Å²) in [6.45, 7) is 1.02. The van der Waals surface area contributed by atoms with Gasteiger partial charge in [-0.2, -0.15) is 0 Å². The molecule has 0 aliphatic heterocycles. The highest BCUT2D eigenvalue weighted by Crippen LogP contribution is 2.20. The Bertz CT molecular complexity index is 483. The number of H-pyrrole nitrogens is 1. The average Bonchev–Trinajstić information content (AvgIpc) is 2.58. The second kappa shape index (κ2) is 5.03. The Balaban J connectivity index is 2.08. The number of aromatic nitrogens is 3. The zero-order chi connectivity index (χ0) is 11.5. The topological polar surface area (TPSA) is 44.8 Å². The molecule has 2 rings (SSSR count). The molecule has 4 nitrogen and oxygen atoms in total. The minimum absolute atomic E-state index is 0.626. The van der Waals surface area contributed by atoms with E-state index >= 15 is 0 Å². The van der Waals surface area contributed by atoms with Gasteiger partial charge >= 0.3 is 0 Å². The number of imidazole rings is 1. The van der Waals surface area contributed by atoms with E-state index in [2.05, 4.69) is 33.9 Å². The zero-order valence-electron chi connectivity index (χ0n) is 9.20. The van der Waals surface area contributed by atoms with Crippen LogP contribution in [0.25, 0.3) is 11.2 Å². The van der Waals surface area contributed by atoms with Crippen molar-refractivity contribution in [2.75, 3.05) is 26.4 Å². The van der Waals surface area contributed by atoms with Gasteiger partial charge in [0.15, 0.2) is 10.8 Å². The summed E-state index contributed by atoms with van der Waals surface area (Å²) in [6.07, 6.45) is 1.61. The first-order valence-electron chi connectivity index (χ1n) is 4.94. The maximum atomic E-state index is 5.85. The van der Waals surface area contributed by atoms with Crippen molar-refractivity contribution in [3.05, 3.63) is 17.3 Å². The highest BCUT2D eigenvalue weighted by molar-refractivity contribution is 7.99. The predicted octanol–water partition coefficient (Wildman–Crippen LogP) is 2.26. The van der Waals surface area contributed by atoms with E-state index in [0.717, 1.165) is 28.6 Å². The lowest BCUT2D eigenvalue weighted by molar-refractivity contribution is 0.437. The molecule has 0 bridgehead atoms. The van der Waals surface area contributed by atoms with Gasteiger partial charge in [0.2, 0.25) is 0 Å². The summed E-state index contributed by atoms with van der Waals surface area (Å²) in [5.41, 5.74) is 1.61. The fourth-order valence-corrected chi connectivity index (χ4v) is 2.39. The highest BCUT2D eigenvalue weighted by Gasteiger charge is 2.04. The molecule has 2 aromatic heterocycles. The minimum Gasteiger partial charge on any atom is -0.331 e. The second-order valence-electron chi connectivity index (χ2n) is 3.72. The lowest BCUT2D eigenvalue weighted by atomic mass is 10.4. The van der Waals surface area contributed by atoms with E-state index in [1.165, 1.54) is 0 Å². The van der Waals surface area contributed by atoms with Gasteiger partial charge in [-0.1, -0.05) is 23.4 Å².